The van der Waals surface area contributed by atoms with Crippen LogP contribution >= 0.6 is 0 Å². The molecular weight excluding hydrogens is 278 g/mol. The Morgan fingerprint density at radius 1 is 1.09 bits per heavy atom. The van der Waals surface area contributed by atoms with E-state index in [0.29, 0.717) is 12.0 Å². The molecule has 112 valence electrons. The molecule has 0 amide bonds. The van der Waals surface area contributed by atoms with Crippen LogP contribution in [0.1, 0.15) is 15.9 Å². The molecule has 3 rings (SSSR count). The molecule has 0 saturated heterocycles. The summed E-state index contributed by atoms with van der Waals surface area (Å²) in [6.07, 6.45) is 0.453. The normalized spacial score (nSPS) is 19.3. The number of nitrogens with one attached hydrogen (secondary N) is 1. The molecule has 1 heterocycles. The smallest absolute Gasteiger partial charge is 0.231 e. The van der Waals surface area contributed by atoms with E-state index in [4.69, 9.17) is 4.74 Å². The number of ether oxygens (including phenoxy) is 1. The maximum Gasteiger partial charge on any atom is 0.231 e. The molecule has 2 aromatic rings. The van der Waals surface area contributed by atoms with Crippen LogP contribution in [0.25, 0.3) is 0 Å². The third-order valence-electron chi connectivity index (χ3n) is 3.95. The number of anilines is 1. The number of methoxy groups -OCH3 is 1. The van der Waals surface area contributed by atoms with Gasteiger partial charge in [0.25, 0.3) is 0 Å². The van der Waals surface area contributed by atoms with E-state index in [0.717, 1.165) is 11.3 Å². The van der Waals surface area contributed by atoms with Crippen molar-refractivity contribution >= 4 is 17.3 Å². The second-order valence-corrected chi connectivity index (χ2v) is 5.50. The Balaban J connectivity index is 1.93. The van der Waals surface area contributed by atoms with Crippen molar-refractivity contribution in [1.82, 2.24) is 0 Å². The van der Waals surface area contributed by atoms with Crippen molar-refractivity contribution in [2.24, 2.45) is 0 Å². The Morgan fingerprint density at radius 3 is 2.45 bits per heavy atom. The second kappa shape index (κ2) is 5.73. The lowest BCUT2D eigenvalue weighted by Gasteiger charge is -2.27. The summed E-state index contributed by atoms with van der Waals surface area (Å²) in [5, 5.41) is 3.20. The van der Waals surface area contributed by atoms with Crippen LogP contribution in [0.5, 0.6) is 0 Å². The molecule has 0 spiro atoms. The molecule has 4 nitrogen and oxygen atoms in total. The van der Waals surface area contributed by atoms with Crippen molar-refractivity contribution < 1.29 is 14.3 Å². The maximum atomic E-state index is 12.8. The molecule has 1 N–H and O–H groups in total. The van der Waals surface area contributed by atoms with Gasteiger partial charge in [-0.05, 0) is 11.6 Å². The van der Waals surface area contributed by atoms with E-state index < -0.39 is 17.1 Å². The molecule has 0 unspecified atom stereocenters. The molecule has 1 aliphatic heterocycles. The highest BCUT2D eigenvalue weighted by Crippen LogP contribution is 2.33. The second-order valence-electron chi connectivity index (χ2n) is 5.50. The van der Waals surface area contributed by atoms with Crippen LogP contribution in [0.2, 0.25) is 0 Å². The number of hydrogen-bond acceptors (Lipinski definition) is 4. The van der Waals surface area contributed by atoms with Crippen molar-refractivity contribution in [3.05, 3.63) is 65.7 Å². The standard InChI is InChI=1S/C18H17NO3/c1-22-12-18(11-14-9-5-6-10-15(14)19-18)17(21)16(20)13-7-3-2-4-8-13/h2-10,19H,11-12H2,1H3/t18-/m0/s1. The first-order chi connectivity index (χ1) is 10.7. The number of carbonyl (C=O) groups is 2. The fourth-order valence-corrected chi connectivity index (χ4v) is 2.90. The number of benzene rings is 2. The lowest BCUT2D eigenvalue weighted by Crippen LogP contribution is -2.52. The first-order valence-electron chi connectivity index (χ1n) is 7.15. The highest BCUT2D eigenvalue weighted by molar-refractivity contribution is 6.47. The number of rotatable bonds is 5. The number of Topliss-reactive ketones (excluding diaryl/α,β-unsaturated/α-hetero) is 2. The zero-order chi connectivity index (χ0) is 15.6. The molecule has 22 heavy (non-hydrogen) atoms. The monoisotopic (exact) mass is 295 g/mol. The van der Waals surface area contributed by atoms with Crippen LogP contribution in [0.15, 0.2) is 54.6 Å². The number of para-hydroxylation sites is 1. The summed E-state index contributed by atoms with van der Waals surface area (Å²) >= 11 is 0. The molecule has 0 fully saturated rings. The van der Waals surface area contributed by atoms with Crippen molar-refractivity contribution in [2.75, 3.05) is 19.0 Å². The number of ketones is 2. The fraction of sp³-hybridized carbons (Fsp3) is 0.222. The zero-order valence-electron chi connectivity index (χ0n) is 12.3. The van der Waals surface area contributed by atoms with Gasteiger partial charge in [0.05, 0.1) is 6.61 Å². The van der Waals surface area contributed by atoms with Crippen molar-refractivity contribution in [1.29, 1.82) is 0 Å². The molecule has 0 bridgehead atoms. The van der Waals surface area contributed by atoms with Gasteiger partial charge in [-0.1, -0.05) is 48.5 Å². The van der Waals surface area contributed by atoms with Gasteiger partial charge in [-0.25, -0.2) is 0 Å². The van der Waals surface area contributed by atoms with Crippen LogP contribution in [0, 0.1) is 0 Å². The Bertz CT molecular complexity index is 684. The first kappa shape index (κ1) is 14.5. The topological polar surface area (TPSA) is 55.4 Å². The molecule has 4 heteroatoms. The SMILES string of the molecule is COC[C@]1(C(=O)C(=O)c2ccccc2)Cc2ccccc2N1. The quantitative estimate of drug-likeness (QED) is 0.680. The molecule has 1 atom stereocenters. The molecule has 1 aliphatic rings. The highest BCUT2D eigenvalue weighted by Gasteiger charge is 2.46. The molecule has 0 aliphatic carbocycles. The van der Waals surface area contributed by atoms with Gasteiger partial charge >= 0.3 is 0 Å². The minimum atomic E-state index is -1.02. The van der Waals surface area contributed by atoms with Gasteiger partial charge in [-0.2, -0.15) is 0 Å². The van der Waals surface area contributed by atoms with Crippen LogP contribution < -0.4 is 5.32 Å². The Hall–Kier alpha value is -2.46. The van der Waals surface area contributed by atoms with E-state index in [1.54, 1.807) is 24.3 Å². The number of fused-ring (bicyclic) bond motifs is 1. The maximum absolute atomic E-state index is 12.8. The Labute approximate surface area is 129 Å². The van der Waals surface area contributed by atoms with E-state index in [2.05, 4.69) is 5.32 Å². The van der Waals surface area contributed by atoms with E-state index in [1.165, 1.54) is 7.11 Å². The summed E-state index contributed by atoms with van der Waals surface area (Å²) in [4.78, 5) is 25.4. The highest BCUT2D eigenvalue weighted by atomic mass is 16.5. The summed E-state index contributed by atoms with van der Waals surface area (Å²) in [5.41, 5.74) is 1.29. The lowest BCUT2D eigenvalue weighted by molar-refractivity contribution is -0.120. The number of carbonyl (C=O) groups excluding carboxylic acids is 2. The molecule has 0 aromatic heterocycles. The van der Waals surface area contributed by atoms with Gasteiger partial charge in [0.15, 0.2) is 0 Å². The van der Waals surface area contributed by atoms with Crippen molar-refractivity contribution in [3.63, 3.8) is 0 Å². The summed E-state index contributed by atoms with van der Waals surface area (Å²) in [5.74, 6) is -0.949. The minimum absolute atomic E-state index is 0.152. The largest absolute Gasteiger partial charge is 0.382 e. The van der Waals surface area contributed by atoms with Gasteiger partial charge in [0, 0.05) is 24.8 Å². The lowest BCUT2D eigenvalue weighted by atomic mass is 9.87. The third kappa shape index (κ3) is 2.42. The Morgan fingerprint density at radius 2 is 1.77 bits per heavy atom. The molecule has 2 aromatic carbocycles. The summed E-state index contributed by atoms with van der Waals surface area (Å²) in [6, 6.07) is 16.3. The fourth-order valence-electron chi connectivity index (χ4n) is 2.90. The van der Waals surface area contributed by atoms with E-state index in [1.807, 2.05) is 30.3 Å². The van der Waals surface area contributed by atoms with Crippen LogP contribution in [0.4, 0.5) is 5.69 Å². The van der Waals surface area contributed by atoms with E-state index in [-0.39, 0.29) is 6.61 Å². The first-order valence-corrected chi connectivity index (χ1v) is 7.15. The van der Waals surface area contributed by atoms with Crippen LogP contribution in [0.3, 0.4) is 0 Å². The molecular formula is C18H17NO3. The van der Waals surface area contributed by atoms with E-state index in [9.17, 15) is 9.59 Å². The van der Waals surface area contributed by atoms with Gasteiger partial charge in [-0.3, -0.25) is 9.59 Å². The Kier molecular flexibility index (Phi) is 3.77. The summed E-state index contributed by atoms with van der Waals surface area (Å²) < 4.78 is 5.23. The van der Waals surface area contributed by atoms with Crippen molar-refractivity contribution in [2.45, 2.75) is 12.0 Å². The molecule has 0 saturated carbocycles. The van der Waals surface area contributed by atoms with Gasteiger partial charge in [-0.15, -0.1) is 0 Å². The third-order valence-corrected chi connectivity index (χ3v) is 3.95. The zero-order valence-corrected chi connectivity index (χ0v) is 12.3. The molecule has 0 radical (unpaired) electrons. The van der Waals surface area contributed by atoms with Crippen LogP contribution in [-0.2, 0) is 16.0 Å². The van der Waals surface area contributed by atoms with Gasteiger partial charge < -0.3 is 10.1 Å². The summed E-state index contributed by atoms with van der Waals surface area (Å²) in [7, 11) is 1.53. The predicted molar refractivity (Wildman–Crippen MR) is 84.2 cm³/mol. The van der Waals surface area contributed by atoms with E-state index >= 15 is 0 Å². The van der Waals surface area contributed by atoms with Crippen molar-refractivity contribution in [3.8, 4) is 0 Å². The average Bonchev–Trinajstić information content (AvgIpc) is 2.94. The van der Waals surface area contributed by atoms with Gasteiger partial charge in [0.2, 0.25) is 11.6 Å². The van der Waals surface area contributed by atoms with Gasteiger partial charge in [0.1, 0.15) is 5.54 Å². The number of hydrogen-bond donors (Lipinski definition) is 1. The average molecular weight is 295 g/mol. The van der Waals surface area contributed by atoms with Crippen LogP contribution in [-0.4, -0.2) is 30.8 Å². The minimum Gasteiger partial charge on any atom is -0.382 e. The predicted octanol–water partition coefficient (Wildman–Crippen LogP) is 2.49. The summed E-state index contributed by atoms with van der Waals surface area (Å²) in [6.45, 7) is 0.152.